The van der Waals surface area contributed by atoms with E-state index in [0.29, 0.717) is 19.3 Å². The van der Waals surface area contributed by atoms with E-state index in [1.54, 1.807) is 0 Å². The molecule has 0 saturated carbocycles. The van der Waals surface area contributed by atoms with Crippen molar-refractivity contribution in [1.82, 2.24) is 0 Å². The number of ether oxygens (including phenoxy) is 3. The van der Waals surface area contributed by atoms with Crippen molar-refractivity contribution in [3.63, 3.8) is 0 Å². The highest BCUT2D eigenvalue weighted by Gasteiger charge is 2.19. The smallest absolute Gasteiger partial charge is 0.306 e. The van der Waals surface area contributed by atoms with Crippen LogP contribution in [0.2, 0.25) is 0 Å². The zero-order chi connectivity index (χ0) is 56.4. The zero-order valence-corrected chi connectivity index (χ0v) is 51.9. The molecule has 0 rings (SSSR count). The Kier molecular flexibility index (Phi) is 63.7. The van der Waals surface area contributed by atoms with Gasteiger partial charge in [0.25, 0.3) is 0 Å². The van der Waals surface area contributed by atoms with Gasteiger partial charge in [-0.25, -0.2) is 0 Å². The predicted molar refractivity (Wildman–Crippen MR) is 339 cm³/mol. The van der Waals surface area contributed by atoms with E-state index in [1.165, 1.54) is 205 Å². The molecule has 0 aliphatic carbocycles. The van der Waals surface area contributed by atoms with Crippen LogP contribution in [0, 0.1) is 0 Å². The second-order valence-corrected chi connectivity index (χ2v) is 22.7. The fourth-order valence-corrected chi connectivity index (χ4v) is 9.89. The first-order valence-corrected chi connectivity index (χ1v) is 33.9. The average molecular weight is 1090 g/mol. The van der Waals surface area contributed by atoms with Crippen molar-refractivity contribution in [1.29, 1.82) is 0 Å². The number of carbonyl (C=O) groups is 3. The molecule has 452 valence electrons. The minimum absolute atomic E-state index is 0.0723. The third-order valence-electron chi connectivity index (χ3n) is 14.9. The van der Waals surface area contributed by atoms with Gasteiger partial charge in [0.15, 0.2) is 6.10 Å². The van der Waals surface area contributed by atoms with E-state index in [1.807, 2.05) is 0 Å². The molecule has 0 aromatic rings. The first-order valence-electron chi connectivity index (χ1n) is 33.9. The summed E-state index contributed by atoms with van der Waals surface area (Å²) in [7, 11) is 0. The van der Waals surface area contributed by atoms with Gasteiger partial charge in [-0.05, 0) is 83.5 Å². The van der Waals surface area contributed by atoms with Gasteiger partial charge in [-0.3, -0.25) is 14.4 Å². The molecule has 78 heavy (non-hydrogen) atoms. The van der Waals surface area contributed by atoms with Gasteiger partial charge < -0.3 is 14.2 Å². The number of hydrogen-bond donors (Lipinski definition) is 0. The Bertz CT molecular complexity index is 1440. The normalized spacial score (nSPS) is 12.5. The summed E-state index contributed by atoms with van der Waals surface area (Å²) < 4.78 is 16.9. The van der Waals surface area contributed by atoms with Gasteiger partial charge in [-0.2, -0.15) is 0 Å². The van der Waals surface area contributed by atoms with E-state index >= 15 is 0 Å². The van der Waals surface area contributed by atoms with Crippen molar-refractivity contribution < 1.29 is 28.6 Å². The fourth-order valence-electron chi connectivity index (χ4n) is 9.89. The number of unbranched alkanes of at least 4 members (excludes halogenated alkanes) is 39. The molecule has 0 amide bonds. The summed E-state index contributed by atoms with van der Waals surface area (Å²) in [6, 6.07) is 0. The fraction of sp³-hybridized carbons (Fsp3) is 0.792. The molecular weight excluding hydrogens is 961 g/mol. The van der Waals surface area contributed by atoms with E-state index in [4.69, 9.17) is 14.2 Å². The first kappa shape index (κ1) is 74.8. The largest absolute Gasteiger partial charge is 0.462 e. The maximum atomic E-state index is 12.9. The second kappa shape index (κ2) is 66.4. The van der Waals surface area contributed by atoms with Crippen molar-refractivity contribution in [3.8, 4) is 0 Å². The molecular formula is C72H128O6. The molecule has 0 radical (unpaired) electrons. The van der Waals surface area contributed by atoms with E-state index < -0.39 is 6.10 Å². The Balaban J connectivity index is 4.09. The summed E-state index contributed by atoms with van der Waals surface area (Å²) in [6.45, 7) is 6.51. The minimum atomic E-state index is -0.774. The zero-order valence-electron chi connectivity index (χ0n) is 51.9. The van der Waals surface area contributed by atoms with E-state index in [9.17, 15) is 14.4 Å². The summed E-state index contributed by atoms with van der Waals surface area (Å²) in [4.78, 5) is 38.2. The van der Waals surface area contributed by atoms with Crippen molar-refractivity contribution in [2.24, 2.45) is 0 Å². The van der Waals surface area contributed by atoms with Crippen molar-refractivity contribution >= 4 is 17.9 Å². The van der Waals surface area contributed by atoms with Gasteiger partial charge in [0.1, 0.15) is 13.2 Å². The number of allylic oxidation sites excluding steroid dienone is 12. The molecule has 6 heteroatoms. The summed E-state index contributed by atoms with van der Waals surface area (Å²) in [5.41, 5.74) is 0. The van der Waals surface area contributed by atoms with Gasteiger partial charge in [0.2, 0.25) is 0 Å². The van der Waals surface area contributed by atoms with Crippen LogP contribution >= 0.6 is 0 Å². The lowest BCUT2D eigenvalue weighted by Crippen LogP contribution is -2.30. The third kappa shape index (κ3) is 63.7. The summed E-state index contributed by atoms with van der Waals surface area (Å²) in [5.74, 6) is -0.863. The Morgan fingerprint density at radius 2 is 0.526 bits per heavy atom. The van der Waals surface area contributed by atoms with Gasteiger partial charge in [-0.1, -0.05) is 318 Å². The number of carbonyl (C=O) groups excluding carboxylic acids is 3. The highest BCUT2D eigenvalue weighted by atomic mass is 16.6. The van der Waals surface area contributed by atoms with E-state index in [2.05, 4.69) is 93.7 Å². The molecule has 1 atom stereocenters. The lowest BCUT2D eigenvalue weighted by molar-refractivity contribution is -0.167. The number of esters is 3. The van der Waals surface area contributed by atoms with Crippen LogP contribution in [-0.4, -0.2) is 37.2 Å². The monoisotopic (exact) mass is 1090 g/mol. The molecule has 0 aromatic heterocycles. The Morgan fingerprint density at radius 1 is 0.269 bits per heavy atom. The number of hydrogen-bond acceptors (Lipinski definition) is 6. The second-order valence-electron chi connectivity index (χ2n) is 22.7. The summed E-state index contributed by atoms with van der Waals surface area (Å²) in [5, 5.41) is 0. The molecule has 0 bridgehead atoms. The summed E-state index contributed by atoms with van der Waals surface area (Å²) in [6.07, 6.45) is 86.5. The average Bonchev–Trinajstić information content (AvgIpc) is 3.44. The molecule has 0 aromatic carbocycles. The molecule has 0 aliphatic heterocycles. The molecule has 0 heterocycles. The topological polar surface area (TPSA) is 78.9 Å². The molecule has 1 unspecified atom stereocenters. The van der Waals surface area contributed by atoms with Crippen LogP contribution in [0.5, 0.6) is 0 Å². The van der Waals surface area contributed by atoms with Crippen LogP contribution in [-0.2, 0) is 28.6 Å². The van der Waals surface area contributed by atoms with Crippen molar-refractivity contribution in [2.45, 2.75) is 354 Å². The minimum Gasteiger partial charge on any atom is -0.462 e. The molecule has 0 spiro atoms. The van der Waals surface area contributed by atoms with Crippen LogP contribution in [0.4, 0.5) is 0 Å². The van der Waals surface area contributed by atoms with Crippen LogP contribution < -0.4 is 0 Å². The van der Waals surface area contributed by atoms with Crippen molar-refractivity contribution in [3.05, 3.63) is 72.9 Å². The van der Waals surface area contributed by atoms with Crippen LogP contribution in [0.3, 0.4) is 0 Å². The van der Waals surface area contributed by atoms with Crippen molar-refractivity contribution in [2.75, 3.05) is 13.2 Å². The standard InChI is InChI=1S/C72H128O6/c1-4-7-10-13-16-19-22-24-26-28-29-30-31-32-33-34-35-36-37-38-39-40-41-42-43-45-46-48-50-53-56-59-62-65-71(74)77-68-69(67-76-70(73)64-61-58-55-52-21-18-15-12-9-6-3)78-72(75)66-63-60-57-54-51-49-47-44-27-25-23-20-17-14-11-8-5-2/h7,10,12,15-16,19,24,26,29-30,32-33,69H,4-6,8-9,11,13-14,17-18,20-23,25,27-28,31,34-68H2,1-3H3/b10-7-,15-12-,19-16-,26-24-,30-29-,33-32-. The quantitative estimate of drug-likeness (QED) is 0.0261. The van der Waals surface area contributed by atoms with Crippen LogP contribution in [0.15, 0.2) is 72.9 Å². The highest BCUT2D eigenvalue weighted by molar-refractivity contribution is 5.71. The highest BCUT2D eigenvalue weighted by Crippen LogP contribution is 2.18. The Morgan fingerprint density at radius 3 is 0.846 bits per heavy atom. The number of rotatable bonds is 62. The SMILES string of the molecule is CC/C=C\C/C=C\C/C=C\C/C=C\C/C=C\CCCCCCCCCCCCCCCCCCCC(=O)OCC(COC(=O)CCCCCCC/C=C\CCC)OC(=O)CCCCCCCCCCCCCCCCCCC. The predicted octanol–water partition coefficient (Wildman–Crippen LogP) is 23.3. The first-order chi connectivity index (χ1) is 38.5. The maximum absolute atomic E-state index is 12.9. The molecule has 6 nitrogen and oxygen atoms in total. The molecule has 0 N–H and O–H groups in total. The van der Waals surface area contributed by atoms with Gasteiger partial charge in [0, 0.05) is 19.3 Å². The third-order valence-corrected chi connectivity index (χ3v) is 14.9. The van der Waals surface area contributed by atoms with Crippen LogP contribution in [0.25, 0.3) is 0 Å². The van der Waals surface area contributed by atoms with E-state index in [-0.39, 0.29) is 31.1 Å². The van der Waals surface area contributed by atoms with Crippen LogP contribution in [0.1, 0.15) is 348 Å². The lowest BCUT2D eigenvalue weighted by atomic mass is 10.0. The Labute approximate surface area is 484 Å². The molecule has 0 fully saturated rings. The molecule has 0 aliphatic rings. The summed E-state index contributed by atoms with van der Waals surface area (Å²) >= 11 is 0. The molecule has 0 saturated heterocycles. The lowest BCUT2D eigenvalue weighted by Gasteiger charge is -2.18. The van der Waals surface area contributed by atoms with Gasteiger partial charge in [0.05, 0.1) is 0 Å². The van der Waals surface area contributed by atoms with E-state index in [0.717, 1.165) is 103 Å². The maximum Gasteiger partial charge on any atom is 0.306 e. The van der Waals surface area contributed by atoms with Gasteiger partial charge >= 0.3 is 17.9 Å². The van der Waals surface area contributed by atoms with Gasteiger partial charge in [-0.15, -0.1) is 0 Å². The Hall–Kier alpha value is -3.15.